The molecule has 28 heavy (non-hydrogen) atoms. The number of halogens is 1. The molecular formula is C19H14BrN3O5. The third-order valence-corrected chi connectivity index (χ3v) is 4.27. The Morgan fingerprint density at radius 2 is 1.96 bits per heavy atom. The van der Waals surface area contributed by atoms with Gasteiger partial charge in [0, 0.05) is 10.5 Å². The lowest BCUT2D eigenvalue weighted by Crippen LogP contribution is -2.25. The minimum absolute atomic E-state index is 0.105. The lowest BCUT2D eigenvalue weighted by molar-refractivity contribution is -0.384. The molecule has 2 N–H and O–H groups in total. The highest BCUT2D eigenvalue weighted by molar-refractivity contribution is 9.10. The summed E-state index contributed by atoms with van der Waals surface area (Å²) < 4.78 is 6.12. The normalized spacial score (nSPS) is 12.1. The summed E-state index contributed by atoms with van der Waals surface area (Å²) in [6.45, 7) is 0. The average Bonchev–Trinajstić information content (AvgIpc) is 3.16. The van der Waals surface area contributed by atoms with E-state index in [2.05, 4.69) is 26.5 Å². The van der Waals surface area contributed by atoms with Crippen LogP contribution in [0.25, 0.3) is 11.3 Å². The van der Waals surface area contributed by atoms with Gasteiger partial charge in [0.1, 0.15) is 11.5 Å². The van der Waals surface area contributed by atoms with Gasteiger partial charge in [-0.2, -0.15) is 5.10 Å². The number of rotatable bonds is 6. The minimum Gasteiger partial charge on any atom is -0.455 e. The van der Waals surface area contributed by atoms with E-state index in [-0.39, 0.29) is 17.2 Å². The van der Waals surface area contributed by atoms with E-state index in [1.165, 1.54) is 12.3 Å². The van der Waals surface area contributed by atoms with E-state index >= 15 is 0 Å². The Morgan fingerprint density at radius 3 is 2.68 bits per heavy atom. The zero-order valence-corrected chi connectivity index (χ0v) is 15.9. The van der Waals surface area contributed by atoms with Gasteiger partial charge in [0.2, 0.25) is 0 Å². The van der Waals surface area contributed by atoms with Crippen molar-refractivity contribution in [3.05, 3.63) is 86.6 Å². The van der Waals surface area contributed by atoms with Gasteiger partial charge in [0.15, 0.2) is 6.10 Å². The Bertz CT molecular complexity index is 1030. The molecule has 1 heterocycles. The van der Waals surface area contributed by atoms with E-state index in [4.69, 9.17) is 4.42 Å². The van der Waals surface area contributed by atoms with Crippen LogP contribution in [-0.4, -0.2) is 22.2 Å². The Balaban J connectivity index is 1.70. The van der Waals surface area contributed by atoms with Gasteiger partial charge < -0.3 is 9.52 Å². The monoisotopic (exact) mass is 443 g/mol. The molecule has 9 heteroatoms. The van der Waals surface area contributed by atoms with Crippen LogP contribution in [0.2, 0.25) is 0 Å². The number of furan rings is 1. The topological polar surface area (TPSA) is 118 Å². The second kappa shape index (κ2) is 8.59. The number of benzene rings is 2. The third kappa shape index (κ3) is 4.51. The Labute approximate surface area is 167 Å². The van der Waals surface area contributed by atoms with Crippen LogP contribution in [0.15, 0.2) is 74.7 Å². The lowest BCUT2D eigenvalue weighted by Gasteiger charge is -2.08. The average molecular weight is 444 g/mol. The molecule has 1 atom stereocenters. The number of amides is 1. The molecule has 142 valence electrons. The predicted molar refractivity (Wildman–Crippen MR) is 106 cm³/mol. The molecule has 0 radical (unpaired) electrons. The third-order valence-electron chi connectivity index (χ3n) is 3.78. The number of nitrogens with one attached hydrogen (secondary N) is 1. The Morgan fingerprint density at radius 1 is 1.21 bits per heavy atom. The van der Waals surface area contributed by atoms with Gasteiger partial charge >= 0.3 is 0 Å². The summed E-state index contributed by atoms with van der Waals surface area (Å²) in [5.74, 6) is -0.129. The van der Waals surface area contributed by atoms with Crippen LogP contribution in [0.4, 0.5) is 5.69 Å². The maximum atomic E-state index is 11.9. The maximum Gasteiger partial charge on any atom is 0.281 e. The van der Waals surface area contributed by atoms with Crippen molar-refractivity contribution in [1.82, 2.24) is 5.43 Å². The number of aliphatic hydroxyl groups excluding tert-OH is 1. The minimum atomic E-state index is -1.35. The summed E-state index contributed by atoms with van der Waals surface area (Å²) >= 11 is 3.20. The first-order valence-electron chi connectivity index (χ1n) is 8.06. The van der Waals surface area contributed by atoms with Gasteiger partial charge in [0.05, 0.1) is 16.7 Å². The highest BCUT2D eigenvalue weighted by Crippen LogP contribution is 2.33. The molecule has 0 aliphatic carbocycles. The van der Waals surface area contributed by atoms with Crippen LogP contribution in [0, 0.1) is 10.1 Å². The predicted octanol–water partition coefficient (Wildman–Crippen LogP) is 3.80. The lowest BCUT2D eigenvalue weighted by atomic mass is 10.1. The second-order valence-corrected chi connectivity index (χ2v) is 6.58. The number of hydrogen-bond donors (Lipinski definition) is 2. The van der Waals surface area contributed by atoms with Gasteiger partial charge in [-0.05, 0) is 29.8 Å². The summed E-state index contributed by atoms with van der Waals surface area (Å²) in [6.07, 6.45) is -0.111. The molecule has 0 fully saturated rings. The molecule has 3 rings (SSSR count). The fourth-order valence-corrected chi connectivity index (χ4v) is 2.79. The summed E-state index contributed by atoms with van der Waals surface area (Å²) in [5.41, 5.74) is 2.88. The first-order chi connectivity index (χ1) is 13.5. The van der Waals surface area contributed by atoms with E-state index in [0.717, 1.165) is 0 Å². The van der Waals surface area contributed by atoms with Crippen LogP contribution < -0.4 is 5.43 Å². The second-order valence-electron chi connectivity index (χ2n) is 5.67. The molecule has 0 saturated heterocycles. The van der Waals surface area contributed by atoms with Crippen molar-refractivity contribution in [2.24, 2.45) is 5.10 Å². The number of nitro benzene ring substituents is 1. The zero-order chi connectivity index (χ0) is 20.1. The van der Waals surface area contributed by atoms with E-state index < -0.39 is 16.9 Å². The van der Waals surface area contributed by atoms with Gasteiger partial charge in [-0.1, -0.05) is 46.3 Å². The van der Waals surface area contributed by atoms with Crippen molar-refractivity contribution in [3.8, 4) is 11.3 Å². The van der Waals surface area contributed by atoms with Gasteiger partial charge in [-0.3, -0.25) is 14.9 Å². The van der Waals surface area contributed by atoms with Gasteiger partial charge in [-0.25, -0.2) is 5.43 Å². The molecule has 0 saturated carbocycles. The fraction of sp³-hybridized carbons (Fsp3) is 0.0526. The van der Waals surface area contributed by atoms with Crippen molar-refractivity contribution in [2.45, 2.75) is 6.10 Å². The van der Waals surface area contributed by atoms with Crippen molar-refractivity contribution >= 4 is 33.7 Å². The quantitative estimate of drug-likeness (QED) is 0.341. The fourth-order valence-electron chi connectivity index (χ4n) is 2.44. The molecule has 8 nitrogen and oxygen atoms in total. The maximum absolute atomic E-state index is 11.9. The van der Waals surface area contributed by atoms with Crippen molar-refractivity contribution in [3.63, 3.8) is 0 Å². The number of nitrogens with zero attached hydrogens (tertiary/aromatic N) is 2. The Kier molecular flexibility index (Phi) is 5.97. The van der Waals surface area contributed by atoms with E-state index in [1.807, 2.05) is 0 Å². The zero-order valence-electron chi connectivity index (χ0n) is 14.3. The first-order valence-corrected chi connectivity index (χ1v) is 8.85. The van der Waals surface area contributed by atoms with E-state index in [1.54, 1.807) is 54.6 Å². The molecule has 0 unspecified atom stereocenters. The standard InChI is InChI=1S/C19H14BrN3O5/c20-13-6-8-15(16(10-13)23(26)27)17-9-7-14(28-17)11-21-22-19(25)18(24)12-4-2-1-3-5-12/h1-11,18,24H,(H,22,25)/b21-11-/t18-/m0/s1. The molecule has 0 aliphatic heterocycles. The van der Waals surface area contributed by atoms with Gasteiger partial charge in [-0.15, -0.1) is 0 Å². The number of carbonyl (C=O) groups excluding carboxylic acids is 1. The van der Waals surface area contributed by atoms with Gasteiger partial charge in [0.25, 0.3) is 11.6 Å². The molecule has 2 aromatic carbocycles. The van der Waals surface area contributed by atoms with Crippen LogP contribution >= 0.6 is 15.9 Å². The van der Waals surface area contributed by atoms with Crippen molar-refractivity contribution < 1.29 is 19.2 Å². The molecule has 1 amide bonds. The summed E-state index contributed by atoms with van der Waals surface area (Å²) in [4.78, 5) is 22.7. The Hall–Kier alpha value is -3.30. The number of carbonyl (C=O) groups is 1. The summed E-state index contributed by atoms with van der Waals surface area (Å²) in [7, 11) is 0. The number of nitro groups is 1. The molecule has 3 aromatic rings. The smallest absolute Gasteiger partial charge is 0.281 e. The number of aliphatic hydroxyl groups is 1. The molecule has 0 bridgehead atoms. The summed E-state index contributed by atoms with van der Waals surface area (Å²) in [6, 6.07) is 16.2. The van der Waals surface area contributed by atoms with Crippen molar-refractivity contribution in [2.75, 3.05) is 0 Å². The molecule has 0 aliphatic rings. The van der Waals surface area contributed by atoms with Crippen LogP contribution in [0.5, 0.6) is 0 Å². The van der Waals surface area contributed by atoms with E-state index in [9.17, 15) is 20.0 Å². The number of hydrazone groups is 1. The highest BCUT2D eigenvalue weighted by Gasteiger charge is 2.19. The first kappa shape index (κ1) is 19.5. The highest BCUT2D eigenvalue weighted by atomic mass is 79.9. The molecule has 0 spiro atoms. The molecule has 1 aromatic heterocycles. The number of hydrogen-bond acceptors (Lipinski definition) is 6. The van der Waals surface area contributed by atoms with Crippen LogP contribution in [0.1, 0.15) is 17.4 Å². The van der Waals surface area contributed by atoms with Crippen LogP contribution in [0.3, 0.4) is 0 Å². The van der Waals surface area contributed by atoms with Crippen LogP contribution in [-0.2, 0) is 4.79 Å². The van der Waals surface area contributed by atoms with E-state index in [0.29, 0.717) is 15.6 Å². The molecular weight excluding hydrogens is 430 g/mol. The van der Waals surface area contributed by atoms with Crippen molar-refractivity contribution in [1.29, 1.82) is 0 Å². The largest absolute Gasteiger partial charge is 0.455 e. The summed E-state index contributed by atoms with van der Waals surface area (Å²) in [5, 5.41) is 24.9. The SMILES string of the molecule is O=C(N/N=C\c1ccc(-c2ccc(Br)cc2[N+](=O)[O-])o1)[C@@H](O)c1ccccc1.